The molecule has 0 bridgehead atoms. The second-order valence-corrected chi connectivity index (χ2v) is 11.7. The van der Waals surface area contributed by atoms with E-state index in [1.807, 2.05) is 38.1 Å². The molecule has 1 amide bonds. The maximum Gasteiger partial charge on any atom is 0.335 e. The molecule has 1 aliphatic rings. The number of aromatic carboxylic acids is 1. The third-order valence-electron chi connectivity index (χ3n) is 6.45. The number of anilines is 1. The minimum atomic E-state index is -0.997. The van der Waals surface area contributed by atoms with E-state index in [1.165, 1.54) is 28.8 Å². The Morgan fingerprint density at radius 1 is 0.929 bits per heavy atom. The number of hydrogen-bond acceptors (Lipinski definition) is 5. The van der Waals surface area contributed by atoms with E-state index in [0.29, 0.717) is 47.8 Å². The molecule has 0 spiro atoms. The molecule has 1 fully saturated rings. The highest BCUT2D eigenvalue weighted by molar-refractivity contribution is 8.19. The van der Waals surface area contributed by atoms with E-state index < -0.39 is 5.97 Å². The Morgan fingerprint density at radius 2 is 1.62 bits per heavy atom. The lowest BCUT2D eigenvalue weighted by Crippen LogP contribution is -2.28. The highest BCUT2D eigenvalue weighted by atomic mass is 35.5. The molecule has 0 atom stereocenters. The molecule has 5 rings (SSSR count). The van der Waals surface area contributed by atoms with Gasteiger partial charge < -0.3 is 9.84 Å². The second-order valence-electron chi connectivity index (χ2n) is 9.49. The normalized spacial score (nSPS) is 15.1. The summed E-state index contributed by atoms with van der Waals surface area (Å²) in [5.41, 5.74) is 4.57. The predicted octanol–water partition coefficient (Wildman–Crippen LogP) is 9.35. The number of aryl methyl sites for hydroxylation is 2. The number of amidine groups is 1. The van der Waals surface area contributed by atoms with Crippen molar-refractivity contribution in [2.75, 3.05) is 4.90 Å². The molecular formula is C32H23Cl3N2O4S. The first kappa shape index (κ1) is 29.7. The molecule has 1 N–H and O–H groups in total. The molecule has 1 saturated heterocycles. The fourth-order valence-corrected chi connectivity index (χ4v) is 5.59. The number of carbonyl (C=O) groups is 2. The Morgan fingerprint density at radius 3 is 2.29 bits per heavy atom. The number of carbonyl (C=O) groups excluding carboxylic acids is 1. The van der Waals surface area contributed by atoms with Crippen molar-refractivity contribution in [3.8, 4) is 5.75 Å². The fraction of sp³-hybridized carbons (Fsp3) is 0.0938. The van der Waals surface area contributed by atoms with Crippen LogP contribution in [0.3, 0.4) is 0 Å². The van der Waals surface area contributed by atoms with E-state index in [9.17, 15) is 9.59 Å². The van der Waals surface area contributed by atoms with Crippen LogP contribution in [-0.4, -0.2) is 22.2 Å². The second kappa shape index (κ2) is 12.6. The Labute approximate surface area is 262 Å². The smallest absolute Gasteiger partial charge is 0.335 e. The van der Waals surface area contributed by atoms with Crippen LogP contribution in [0.1, 0.15) is 32.6 Å². The van der Waals surface area contributed by atoms with Crippen LogP contribution >= 0.6 is 46.6 Å². The van der Waals surface area contributed by atoms with Crippen LogP contribution in [0, 0.1) is 13.8 Å². The topological polar surface area (TPSA) is 79.2 Å². The number of rotatable bonds is 7. The summed E-state index contributed by atoms with van der Waals surface area (Å²) in [5, 5.41) is 11.2. The van der Waals surface area contributed by atoms with Gasteiger partial charge in [0.05, 0.1) is 21.8 Å². The van der Waals surface area contributed by atoms with Crippen LogP contribution in [0.15, 0.2) is 88.8 Å². The average molecular weight is 638 g/mol. The molecule has 212 valence electrons. The van der Waals surface area contributed by atoms with Gasteiger partial charge in [0, 0.05) is 20.6 Å². The maximum absolute atomic E-state index is 13.9. The number of ether oxygens (including phenoxy) is 1. The number of carboxylic acid groups (broad SMARTS) is 1. The van der Waals surface area contributed by atoms with E-state index >= 15 is 0 Å². The van der Waals surface area contributed by atoms with E-state index in [-0.39, 0.29) is 18.1 Å². The number of amides is 1. The van der Waals surface area contributed by atoms with Gasteiger partial charge in [0.1, 0.15) is 12.4 Å². The quantitative estimate of drug-likeness (QED) is 0.204. The third-order valence-corrected chi connectivity index (χ3v) is 8.47. The molecule has 4 aromatic carbocycles. The van der Waals surface area contributed by atoms with Crippen LogP contribution < -0.4 is 9.64 Å². The number of carboxylic acids is 1. The van der Waals surface area contributed by atoms with Gasteiger partial charge in [-0.25, -0.2) is 9.79 Å². The first-order valence-corrected chi connectivity index (χ1v) is 14.6. The van der Waals surface area contributed by atoms with Crippen LogP contribution in [0.25, 0.3) is 6.08 Å². The van der Waals surface area contributed by atoms with Crippen molar-refractivity contribution in [2.24, 2.45) is 4.99 Å². The first-order chi connectivity index (χ1) is 20.1. The highest BCUT2D eigenvalue weighted by Gasteiger charge is 2.35. The molecule has 0 aromatic heterocycles. The van der Waals surface area contributed by atoms with Gasteiger partial charge in [0.15, 0.2) is 5.17 Å². The minimum absolute atomic E-state index is 0.188. The maximum atomic E-state index is 13.9. The van der Waals surface area contributed by atoms with Crippen molar-refractivity contribution in [2.45, 2.75) is 20.5 Å². The predicted molar refractivity (Wildman–Crippen MR) is 172 cm³/mol. The Hall–Kier alpha value is -3.75. The molecule has 1 heterocycles. The van der Waals surface area contributed by atoms with Gasteiger partial charge in [-0.2, -0.15) is 0 Å². The number of hydrogen-bond donors (Lipinski definition) is 1. The van der Waals surface area contributed by atoms with Crippen LogP contribution in [-0.2, 0) is 11.4 Å². The number of benzene rings is 4. The summed E-state index contributed by atoms with van der Waals surface area (Å²) in [6.07, 6.45) is 1.72. The van der Waals surface area contributed by atoms with Gasteiger partial charge in [-0.05, 0) is 103 Å². The molecule has 4 aromatic rings. The fourth-order valence-electron chi connectivity index (χ4n) is 4.07. The van der Waals surface area contributed by atoms with E-state index in [1.54, 1.807) is 48.5 Å². The zero-order chi connectivity index (χ0) is 30.0. The zero-order valence-electron chi connectivity index (χ0n) is 22.4. The molecular weight excluding hydrogens is 615 g/mol. The minimum Gasteiger partial charge on any atom is -0.488 e. The van der Waals surface area contributed by atoms with Crippen molar-refractivity contribution in [3.63, 3.8) is 0 Å². The van der Waals surface area contributed by atoms with Gasteiger partial charge in [-0.15, -0.1) is 0 Å². The summed E-state index contributed by atoms with van der Waals surface area (Å²) in [6.45, 7) is 3.99. The summed E-state index contributed by atoms with van der Waals surface area (Å²) in [4.78, 5) is 31.7. The van der Waals surface area contributed by atoms with Crippen molar-refractivity contribution in [1.82, 2.24) is 0 Å². The SMILES string of the molecule is Cc1ccc(N=C2S/C(=C/c3cc(Cl)ccc3OCc3ccc(C(=O)O)cc3)C(=O)N2c2ccc(C)c(Cl)c2)cc1Cl. The van der Waals surface area contributed by atoms with E-state index in [2.05, 4.69) is 0 Å². The van der Waals surface area contributed by atoms with Crippen LogP contribution in [0.2, 0.25) is 15.1 Å². The lowest BCUT2D eigenvalue weighted by molar-refractivity contribution is -0.113. The number of thioether (sulfide) groups is 1. The zero-order valence-corrected chi connectivity index (χ0v) is 25.5. The molecule has 0 radical (unpaired) electrons. The largest absolute Gasteiger partial charge is 0.488 e. The van der Waals surface area contributed by atoms with Crippen molar-refractivity contribution >= 4 is 81.1 Å². The first-order valence-electron chi connectivity index (χ1n) is 12.7. The summed E-state index contributed by atoms with van der Waals surface area (Å²) < 4.78 is 6.06. The Bertz CT molecular complexity index is 1770. The Balaban J connectivity index is 1.50. The molecule has 1 aliphatic heterocycles. The standard InChI is InChI=1S/C32H23Cl3N2O4S/c1-18-3-10-24(15-26(18)34)36-32-37(25-11-4-19(2)27(35)16-25)30(38)29(42-32)14-22-13-23(33)9-12-28(22)41-17-20-5-7-21(8-6-20)31(39)40/h3-16H,17H2,1-2H3,(H,39,40)/b29-14+,36-32?. The number of nitrogens with zero attached hydrogens (tertiary/aromatic N) is 2. The summed E-state index contributed by atoms with van der Waals surface area (Å²) >= 11 is 20.3. The van der Waals surface area contributed by atoms with Crippen molar-refractivity contribution < 1.29 is 19.4 Å². The third kappa shape index (κ3) is 6.66. The number of halogens is 3. The summed E-state index contributed by atoms with van der Waals surface area (Å²) in [7, 11) is 0. The van der Waals surface area contributed by atoms with E-state index in [4.69, 9.17) is 49.6 Å². The molecule has 42 heavy (non-hydrogen) atoms. The van der Waals surface area contributed by atoms with Crippen LogP contribution in [0.4, 0.5) is 11.4 Å². The molecule has 0 aliphatic carbocycles. The van der Waals surface area contributed by atoms with Gasteiger partial charge in [0.2, 0.25) is 0 Å². The molecule has 6 nitrogen and oxygen atoms in total. The lowest BCUT2D eigenvalue weighted by atomic mass is 10.1. The lowest BCUT2D eigenvalue weighted by Gasteiger charge is -2.16. The average Bonchev–Trinajstić information content (AvgIpc) is 3.26. The van der Waals surface area contributed by atoms with Gasteiger partial charge in [-0.3, -0.25) is 9.69 Å². The summed E-state index contributed by atoms with van der Waals surface area (Å²) in [5.74, 6) is -0.779. The monoisotopic (exact) mass is 636 g/mol. The van der Waals surface area contributed by atoms with Gasteiger partial charge in [0.25, 0.3) is 5.91 Å². The van der Waals surface area contributed by atoms with Crippen LogP contribution in [0.5, 0.6) is 5.75 Å². The van der Waals surface area contributed by atoms with Gasteiger partial charge in [-0.1, -0.05) is 59.1 Å². The van der Waals surface area contributed by atoms with Crippen molar-refractivity contribution in [3.05, 3.63) is 127 Å². The van der Waals surface area contributed by atoms with Gasteiger partial charge >= 0.3 is 5.97 Å². The molecule has 0 unspecified atom stereocenters. The number of aliphatic imine (C=N–C) groups is 1. The van der Waals surface area contributed by atoms with Crippen molar-refractivity contribution in [1.29, 1.82) is 0 Å². The highest BCUT2D eigenvalue weighted by Crippen LogP contribution is 2.40. The summed E-state index contributed by atoms with van der Waals surface area (Å²) in [6, 6.07) is 22.4. The Kier molecular flexibility index (Phi) is 8.94. The molecule has 0 saturated carbocycles. The van der Waals surface area contributed by atoms with E-state index in [0.717, 1.165) is 16.7 Å². The molecule has 10 heteroatoms.